The van der Waals surface area contributed by atoms with Crippen molar-refractivity contribution in [1.82, 2.24) is 15.5 Å². The number of likely N-dealkylation sites (tertiary alicyclic amines) is 1. The van der Waals surface area contributed by atoms with Crippen molar-refractivity contribution >= 4 is 17.8 Å². The Morgan fingerprint density at radius 3 is 2.62 bits per heavy atom. The van der Waals surface area contributed by atoms with Gasteiger partial charge >= 0.3 is 0 Å². The fourth-order valence-corrected chi connectivity index (χ4v) is 3.00. The number of rotatable bonds is 6. The minimum atomic E-state index is -0.563. The van der Waals surface area contributed by atoms with Gasteiger partial charge in [-0.25, -0.2) is 4.99 Å². The van der Waals surface area contributed by atoms with Crippen LogP contribution < -0.4 is 16.4 Å². The molecule has 7 heteroatoms. The summed E-state index contributed by atoms with van der Waals surface area (Å²) < 4.78 is 0. The number of nitrogens with one attached hydrogen (secondary N) is 2. The zero-order valence-corrected chi connectivity index (χ0v) is 15.6. The van der Waals surface area contributed by atoms with E-state index in [1.165, 1.54) is 12.8 Å². The third-order valence-electron chi connectivity index (χ3n) is 4.34. The molecule has 0 saturated carbocycles. The van der Waals surface area contributed by atoms with Crippen LogP contribution in [0.3, 0.4) is 0 Å². The van der Waals surface area contributed by atoms with Crippen LogP contribution in [0.5, 0.6) is 0 Å². The maximum absolute atomic E-state index is 11.9. The topological polar surface area (TPSA) is 99.8 Å². The van der Waals surface area contributed by atoms with E-state index in [2.05, 4.69) is 29.4 Å². The molecule has 1 aromatic carbocycles. The second-order valence-electron chi connectivity index (χ2n) is 6.71. The molecule has 1 saturated heterocycles. The number of carbonyl (C=O) groups is 2. The van der Waals surface area contributed by atoms with Gasteiger partial charge in [0.1, 0.15) is 0 Å². The molecule has 0 aromatic heterocycles. The van der Waals surface area contributed by atoms with Gasteiger partial charge in [-0.3, -0.25) is 9.59 Å². The molecule has 142 valence electrons. The zero-order chi connectivity index (χ0) is 18.9. The number of piperidine rings is 1. The van der Waals surface area contributed by atoms with E-state index in [0.717, 1.165) is 31.2 Å². The van der Waals surface area contributed by atoms with Gasteiger partial charge in [-0.1, -0.05) is 19.1 Å². The molecule has 1 aliphatic rings. The fourth-order valence-electron chi connectivity index (χ4n) is 3.00. The Hall–Kier alpha value is -2.57. The number of carbonyl (C=O) groups excluding carboxylic acids is 2. The number of hydrogen-bond acceptors (Lipinski definition) is 3. The van der Waals surface area contributed by atoms with Crippen molar-refractivity contribution in [2.45, 2.75) is 33.2 Å². The number of nitrogens with two attached hydrogens (primary N) is 1. The van der Waals surface area contributed by atoms with Crippen LogP contribution in [0.25, 0.3) is 0 Å². The molecule has 2 rings (SSSR count). The molecule has 1 aliphatic heterocycles. The largest absolute Gasteiger partial charge is 0.368 e. The summed E-state index contributed by atoms with van der Waals surface area (Å²) in [6.45, 7) is 7.64. The molecule has 1 fully saturated rings. The Bertz CT molecular complexity index is 642. The van der Waals surface area contributed by atoms with E-state index in [-0.39, 0.29) is 12.5 Å². The highest BCUT2D eigenvalue weighted by molar-refractivity contribution is 5.96. The highest BCUT2D eigenvalue weighted by Crippen LogP contribution is 2.16. The van der Waals surface area contributed by atoms with Crippen LogP contribution in [0, 0.1) is 5.92 Å². The molecule has 0 spiro atoms. The van der Waals surface area contributed by atoms with Crippen molar-refractivity contribution < 1.29 is 9.59 Å². The Morgan fingerprint density at radius 2 is 2.00 bits per heavy atom. The molecular formula is C19H29N5O2. The van der Waals surface area contributed by atoms with Crippen LogP contribution in [0.15, 0.2) is 29.3 Å². The van der Waals surface area contributed by atoms with Gasteiger partial charge in [0.15, 0.2) is 5.96 Å². The first-order chi connectivity index (χ1) is 12.5. The van der Waals surface area contributed by atoms with Crippen LogP contribution in [-0.4, -0.2) is 48.9 Å². The molecule has 1 heterocycles. The quantitative estimate of drug-likeness (QED) is 0.523. The lowest BCUT2D eigenvalue weighted by Crippen LogP contribution is -2.46. The van der Waals surface area contributed by atoms with Crippen molar-refractivity contribution in [3.05, 3.63) is 35.4 Å². The monoisotopic (exact) mass is 359 g/mol. The van der Waals surface area contributed by atoms with E-state index in [4.69, 9.17) is 10.7 Å². The van der Waals surface area contributed by atoms with Crippen LogP contribution in [0.2, 0.25) is 0 Å². The van der Waals surface area contributed by atoms with Crippen molar-refractivity contribution in [3.8, 4) is 0 Å². The van der Waals surface area contributed by atoms with Gasteiger partial charge in [0.05, 0.1) is 13.1 Å². The summed E-state index contributed by atoms with van der Waals surface area (Å²) in [5.74, 6) is 0.759. The summed E-state index contributed by atoms with van der Waals surface area (Å²) >= 11 is 0. The van der Waals surface area contributed by atoms with Crippen molar-refractivity contribution in [2.75, 3.05) is 26.2 Å². The number of aliphatic imine (C=N–C) groups is 1. The molecule has 2 amide bonds. The smallest absolute Gasteiger partial charge is 0.251 e. The molecular weight excluding hydrogens is 330 g/mol. The number of nitrogens with zero attached hydrogens (tertiary/aromatic N) is 2. The Kier molecular flexibility index (Phi) is 7.44. The average molecular weight is 359 g/mol. The summed E-state index contributed by atoms with van der Waals surface area (Å²) in [5.41, 5.74) is 6.55. The first-order valence-corrected chi connectivity index (χ1v) is 9.18. The summed E-state index contributed by atoms with van der Waals surface area (Å²) in [5, 5.41) is 5.84. The van der Waals surface area contributed by atoms with E-state index in [1.807, 2.05) is 12.1 Å². The lowest BCUT2D eigenvalue weighted by molar-refractivity contribution is -0.117. The number of guanidine groups is 1. The molecule has 26 heavy (non-hydrogen) atoms. The predicted octanol–water partition coefficient (Wildman–Crippen LogP) is 1.10. The Morgan fingerprint density at radius 1 is 1.27 bits per heavy atom. The second kappa shape index (κ2) is 9.79. The maximum Gasteiger partial charge on any atom is 0.251 e. The fraction of sp³-hybridized carbons (Fsp3) is 0.526. The zero-order valence-electron chi connectivity index (χ0n) is 15.6. The van der Waals surface area contributed by atoms with Crippen molar-refractivity contribution in [2.24, 2.45) is 16.6 Å². The van der Waals surface area contributed by atoms with E-state index < -0.39 is 5.91 Å². The first-order valence-electron chi connectivity index (χ1n) is 9.18. The highest BCUT2D eigenvalue weighted by atomic mass is 16.2. The molecule has 4 N–H and O–H groups in total. The third kappa shape index (κ3) is 6.06. The summed E-state index contributed by atoms with van der Waals surface area (Å²) in [6.07, 6.45) is 2.47. The van der Waals surface area contributed by atoms with E-state index in [0.29, 0.717) is 18.0 Å². The van der Waals surface area contributed by atoms with Gasteiger partial charge < -0.3 is 21.3 Å². The summed E-state index contributed by atoms with van der Waals surface area (Å²) in [4.78, 5) is 29.7. The highest BCUT2D eigenvalue weighted by Gasteiger charge is 2.19. The molecule has 7 nitrogen and oxygen atoms in total. The lowest BCUT2D eigenvalue weighted by atomic mass is 10.0. The standard InChI is InChI=1S/C19H29N5O2/c1-3-21-19(24-10-4-5-14(2)13-24)23-11-15-6-8-16(9-7-15)18(26)22-12-17(20)25/h6-9,14H,3-5,10-13H2,1-2H3,(H2,20,25)(H,21,23)(H,22,26). The molecule has 0 aliphatic carbocycles. The number of benzene rings is 1. The molecule has 1 aromatic rings. The van der Waals surface area contributed by atoms with Crippen LogP contribution in [-0.2, 0) is 11.3 Å². The molecule has 1 atom stereocenters. The normalized spacial score (nSPS) is 17.7. The first kappa shape index (κ1) is 19.8. The molecule has 1 unspecified atom stereocenters. The van der Waals surface area contributed by atoms with Gasteiger partial charge in [-0.15, -0.1) is 0 Å². The second-order valence-corrected chi connectivity index (χ2v) is 6.71. The van der Waals surface area contributed by atoms with Crippen molar-refractivity contribution in [3.63, 3.8) is 0 Å². The Labute approximate surface area is 155 Å². The number of primary amides is 1. The maximum atomic E-state index is 11.9. The molecule has 0 bridgehead atoms. The number of amides is 2. The van der Waals surface area contributed by atoms with Crippen LogP contribution in [0.4, 0.5) is 0 Å². The summed E-state index contributed by atoms with van der Waals surface area (Å²) in [6, 6.07) is 7.23. The van der Waals surface area contributed by atoms with Crippen LogP contribution in [0.1, 0.15) is 42.6 Å². The average Bonchev–Trinajstić information content (AvgIpc) is 2.63. The van der Waals surface area contributed by atoms with E-state index >= 15 is 0 Å². The van der Waals surface area contributed by atoms with Gasteiger partial charge in [0.25, 0.3) is 5.91 Å². The lowest BCUT2D eigenvalue weighted by Gasteiger charge is -2.33. The minimum absolute atomic E-state index is 0.162. The SMILES string of the molecule is CCNC(=NCc1ccc(C(=O)NCC(N)=O)cc1)N1CCCC(C)C1. The van der Waals surface area contributed by atoms with Gasteiger partial charge in [-0.05, 0) is 43.4 Å². The van der Waals surface area contributed by atoms with Gasteiger partial charge in [-0.2, -0.15) is 0 Å². The van der Waals surface area contributed by atoms with Crippen LogP contribution >= 0.6 is 0 Å². The van der Waals surface area contributed by atoms with Crippen molar-refractivity contribution in [1.29, 1.82) is 0 Å². The third-order valence-corrected chi connectivity index (χ3v) is 4.34. The summed E-state index contributed by atoms with van der Waals surface area (Å²) in [7, 11) is 0. The van der Waals surface area contributed by atoms with E-state index in [1.54, 1.807) is 12.1 Å². The predicted molar refractivity (Wildman–Crippen MR) is 103 cm³/mol. The number of hydrogen-bond donors (Lipinski definition) is 3. The minimum Gasteiger partial charge on any atom is -0.368 e. The molecule has 0 radical (unpaired) electrons. The van der Waals surface area contributed by atoms with E-state index in [9.17, 15) is 9.59 Å². The van der Waals surface area contributed by atoms with Gasteiger partial charge in [0, 0.05) is 25.2 Å². The van der Waals surface area contributed by atoms with Gasteiger partial charge in [0.2, 0.25) is 5.91 Å². The Balaban J connectivity index is 1.98.